The third kappa shape index (κ3) is 3.82. The summed E-state index contributed by atoms with van der Waals surface area (Å²) in [5, 5.41) is 10.7. The van der Waals surface area contributed by atoms with Crippen LogP contribution in [0.2, 0.25) is 0 Å². The molecule has 0 bridgehead atoms. The van der Waals surface area contributed by atoms with E-state index in [9.17, 15) is 10.1 Å². The fourth-order valence-electron chi connectivity index (χ4n) is 1.86. The van der Waals surface area contributed by atoms with Crippen LogP contribution in [0.4, 0.5) is 5.69 Å². The molecular formula is C16H15NO4. The molecule has 5 heteroatoms. The van der Waals surface area contributed by atoms with Gasteiger partial charge in [0.05, 0.1) is 19.1 Å². The zero-order valence-corrected chi connectivity index (χ0v) is 11.8. The van der Waals surface area contributed by atoms with Crippen molar-refractivity contribution in [2.45, 2.75) is 0 Å². The number of hydrogen-bond donors (Lipinski definition) is 0. The lowest BCUT2D eigenvalue weighted by Gasteiger charge is -2.05. The Bertz CT molecular complexity index is 657. The fourth-order valence-corrected chi connectivity index (χ4v) is 1.86. The summed E-state index contributed by atoms with van der Waals surface area (Å²) >= 11 is 0. The van der Waals surface area contributed by atoms with Crippen LogP contribution in [0.5, 0.6) is 11.5 Å². The van der Waals surface area contributed by atoms with Gasteiger partial charge in [-0.2, -0.15) is 0 Å². The maximum atomic E-state index is 10.7. The number of rotatable bonds is 5. The molecule has 0 saturated carbocycles. The smallest absolute Gasteiger partial charge is 0.270 e. The maximum Gasteiger partial charge on any atom is 0.270 e. The molecule has 0 aliphatic rings. The number of nitro benzene ring substituents is 1. The SMILES string of the molecule is COc1cc(/C=C/c2cccc([N+](=O)[O-])c2)cc(OC)c1. The Morgan fingerprint density at radius 3 is 2.14 bits per heavy atom. The summed E-state index contributed by atoms with van der Waals surface area (Å²) in [6, 6.07) is 11.9. The highest BCUT2D eigenvalue weighted by atomic mass is 16.6. The van der Waals surface area contributed by atoms with Crippen LogP contribution in [-0.4, -0.2) is 19.1 Å². The van der Waals surface area contributed by atoms with Gasteiger partial charge in [0, 0.05) is 18.2 Å². The molecule has 21 heavy (non-hydrogen) atoms. The van der Waals surface area contributed by atoms with Crippen molar-refractivity contribution in [3.63, 3.8) is 0 Å². The summed E-state index contributed by atoms with van der Waals surface area (Å²) < 4.78 is 10.4. The molecule has 0 saturated heterocycles. The predicted molar refractivity (Wildman–Crippen MR) is 81.6 cm³/mol. The second-order valence-electron chi connectivity index (χ2n) is 4.33. The van der Waals surface area contributed by atoms with Crippen molar-refractivity contribution in [2.75, 3.05) is 14.2 Å². The molecule has 2 rings (SSSR count). The standard InChI is InChI=1S/C16H15NO4/c1-20-15-9-13(10-16(11-15)21-2)7-6-12-4-3-5-14(8-12)17(18)19/h3-11H,1-2H3/b7-6+. The average Bonchev–Trinajstić information content (AvgIpc) is 2.52. The highest BCUT2D eigenvalue weighted by Gasteiger charge is 2.04. The van der Waals surface area contributed by atoms with Gasteiger partial charge in [-0.05, 0) is 23.3 Å². The number of benzene rings is 2. The minimum atomic E-state index is -0.411. The molecule has 108 valence electrons. The molecule has 0 N–H and O–H groups in total. The van der Waals surface area contributed by atoms with Crippen LogP contribution < -0.4 is 9.47 Å². The molecule has 0 aliphatic heterocycles. The van der Waals surface area contributed by atoms with Crippen molar-refractivity contribution >= 4 is 17.8 Å². The third-order valence-electron chi connectivity index (χ3n) is 2.92. The zero-order valence-electron chi connectivity index (χ0n) is 11.8. The first-order chi connectivity index (χ1) is 10.1. The van der Waals surface area contributed by atoms with E-state index >= 15 is 0 Å². The number of nitro groups is 1. The largest absolute Gasteiger partial charge is 0.497 e. The van der Waals surface area contributed by atoms with Crippen LogP contribution >= 0.6 is 0 Å². The number of non-ortho nitro benzene ring substituents is 1. The Morgan fingerprint density at radius 2 is 1.57 bits per heavy atom. The molecule has 2 aromatic rings. The summed E-state index contributed by atoms with van der Waals surface area (Å²) in [5.41, 5.74) is 1.71. The van der Waals surface area contributed by atoms with Gasteiger partial charge >= 0.3 is 0 Å². The molecule has 0 aliphatic carbocycles. The van der Waals surface area contributed by atoms with Gasteiger partial charge in [-0.15, -0.1) is 0 Å². The van der Waals surface area contributed by atoms with Crippen LogP contribution in [0.25, 0.3) is 12.2 Å². The Hall–Kier alpha value is -2.82. The summed E-state index contributed by atoms with van der Waals surface area (Å²) in [5.74, 6) is 1.38. The Labute approximate surface area is 122 Å². The van der Waals surface area contributed by atoms with Gasteiger partial charge in [-0.3, -0.25) is 10.1 Å². The van der Waals surface area contributed by atoms with Gasteiger partial charge in [-0.25, -0.2) is 0 Å². The molecule has 0 amide bonds. The van der Waals surface area contributed by atoms with Gasteiger partial charge < -0.3 is 9.47 Å². The van der Waals surface area contributed by atoms with E-state index in [1.165, 1.54) is 12.1 Å². The lowest BCUT2D eigenvalue weighted by molar-refractivity contribution is -0.384. The Kier molecular flexibility index (Phi) is 4.56. The minimum absolute atomic E-state index is 0.0698. The topological polar surface area (TPSA) is 61.6 Å². The summed E-state index contributed by atoms with van der Waals surface area (Å²) in [4.78, 5) is 10.3. The second kappa shape index (κ2) is 6.56. The first-order valence-electron chi connectivity index (χ1n) is 6.28. The van der Waals surface area contributed by atoms with Gasteiger partial charge in [-0.1, -0.05) is 24.3 Å². The second-order valence-corrected chi connectivity index (χ2v) is 4.33. The number of nitrogens with zero attached hydrogens (tertiary/aromatic N) is 1. The average molecular weight is 285 g/mol. The first-order valence-corrected chi connectivity index (χ1v) is 6.28. The Morgan fingerprint density at radius 1 is 0.952 bits per heavy atom. The quantitative estimate of drug-likeness (QED) is 0.476. The fraction of sp³-hybridized carbons (Fsp3) is 0.125. The van der Waals surface area contributed by atoms with E-state index in [1.807, 2.05) is 18.2 Å². The molecule has 0 atom stereocenters. The molecule has 0 aromatic heterocycles. The Balaban J connectivity index is 2.28. The maximum absolute atomic E-state index is 10.7. The van der Waals surface area contributed by atoms with E-state index in [0.29, 0.717) is 11.5 Å². The summed E-state index contributed by atoms with van der Waals surface area (Å²) in [7, 11) is 3.17. The van der Waals surface area contributed by atoms with Crippen LogP contribution in [0, 0.1) is 10.1 Å². The zero-order chi connectivity index (χ0) is 15.2. The van der Waals surface area contributed by atoms with E-state index in [2.05, 4.69) is 0 Å². The predicted octanol–water partition coefficient (Wildman–Crippen LogP) is 3.78. The van der Waals surface area contributed by atoms with E-state index in [4.69, 9.17) is 9.47 Å². The van der Waals surface area contributed by atoms with Crippen molar-refractivity contribution in [3.8, 4) is 11.5 Å². The molecule has 0 fully saturated rings. The van der Waals surface area contributed by atoms with Crippen LogP contribution in [0.15, 0.2) is 42.5 Å². The highest BCUT2D eigenvalue weighted by Crippen LogP contribution is 2.24. The summed E-state index contributed by atoms with van der Waals surface area (Å²) in [6.45, 7) is 0. The number of methoxy groups -OCH3 is 2. The lowest BCUT2D eigenvalue weighted by Crippen LogP contribution is -1.88. The lowest BCUT2D eigenvalue weighted by atomic mass is 10.1. The van der Waals surface area contributed by atoms with Crippen molar-refractivity contribution in [1.29, 1.82) is 0 Å². The van der Waals surface area contributed by atoms with E-state index < -0.39 is 4.92 Å². The number of ether oxygens (including phenoxy) is 2. The summed E-state index contributed by atoms with van der Waals surface area (Å²) in [6.07, 6.45) is 3.66. The normalized spacial score (nSPS) is 10.6. The molecule has 5 nitrogen and oxygen atoms in total. The van der Waals surface area contributed by atoms with Crippen molar-refractivity contribution in [3.05, 3.63) is 63.7 Å². The van der Waals surface area contributed by atoms with Crippen molar-refractivity contribution in [1.82, 2.24) is 0 Å². The monoisotopic (exact) mass is 285 g/mol. The van der Waals surface area contributed by atoms with Gasteiger partial charge in [0.15, 0.2) is 0 Å². The molecule has 0 heterocycles. The highest BCUT2D eigenvalue weighted by molar-refractivity contribution is 5.71. The van der Waals surface area contributed by atoms with Gasteiger partial charge in [0.25, 0.3) is 5.69 Å². The van der Waals surface area contributed by atoms with Crippen molar-refractivity contribution in [2.24, 2.45) is 0 Å². The van der Waals surface area contributed by atoms with Crippen molar-refractivity contribution < 1.29 is 14.4 Å². The molecule has 0 radical (unpaired) electrons. The van der Waals surface area contributed by atoms with E-state index in [0.717, 1.165) is 11.1 Å². The molecular weight excluding hydrogens is 270 g/mol. The van der Waals surface area contributed by atoms with Crippen LogP contribution in [-0.2, 0) is 0 Å². The first kappa shape index (κ1) is 14.6. The van der Waals surface area contributed by atoms with E-state index in [-0.39, 0.29) is 5.69 Å². The third-order valence-corrected chi connectivity index (χ3v) is 2.92. The minimum Gasteiger partial charge on any atom is -0.497 e. The van der Waals surface area contributed by atoms with Crippen LogP contribution in [0.3, 0.4) is 0 Å². The number of hydrogen-bond acceptors (Lipinski definition) is 4. The molecule has 0 unspecified atom stereocenters. The van der Waals surface area contributed by atoms with Gasteiger partial charge in [0.2, 0.25) is 0 Å². The molecule has 2 aromatic carbocycles. The van der Waals surface area contributed by atoms with Crippen LogP contribution in [0.1, 0.15) is 11.1 Å². The van der Waals surface area contributed by atoms with Gasteiger partial charge in [0.1, 0.15) is 11.5 Å². The van der Waals surface area contributed by atoms with E-state index in [1.54, 1.807) is 38.5 Å². The molecule has 0 spiro atoms.